The summed E-state index contributed by atoms with van der Waals surface area (Å²) in [7, 11) is 0. The molecule has 0 aliphatic carbocycles. The molecule has 1 aromatic carbocycles. The van der Waals surface area contributed by atoms with E-state index in [-0.39, 0.29) is 11.8 Å². The van der Waals surface area contributed by atoms with Crippen LogP contribution in [0.3, 0.4) is 0 Å². The molecule has 0 bridgehead atoms. The van der Waals surface area contributed by atoms with Crippen molar-refractivity contribution < 1.29 is 9.59 Å². The van der Waals surface area contributed by atoms with Gasteiger partial charge >= 0.3 is 0 Å². The molecule has 0 atom stereocenters. The predicted molar refractivity (Wildman–Crippen MR) is 96.5 cm³/mol. The second kappa shape index (κ2) is 7.70. The molecule has 2 amide bonds. The maximum absolute atomic E-state index is 12.2. The lowest BCUT2D eigenvalue weighted by atomic mass is 10.2. The van der Waals surface area contributed by atoms with Gasteiger partial charge in [-0.3, -0.25) is 14.5 Å². The molecule has 0 fully saturated rings. The van der Waals surface area contributed by atoms with E-state index in [2.05, 4.69) is 10.4 Å². The van der Waals surface area contributed by atoms with Gasteiger partial charge in [0.25, 0.3) is 0 Å². The van der Waals surface area contributed by atoms with Gasteiger partial charge in [0.1, 0.15) is 5.82 Å². The quantitative estimate of drug-likeness (QED) is 0.861. The highest BCUT2D eigenvalue weighted by atomic mass is 35.5. The normalized spacial score (nSPS) is 13.7. The predicted octanol–water partition coefficient (Wildman–Crippen LogP) is 2.68. The Morgan fingerprint density at radius 2 is 2.16 bits per heavy atom. The van der Waals surface area contributed by atoms with Crippen LogP contribution in [0.4, 0.5) is 5.82 Å². The highest BCUT2D eigenvalue weighted by Gasteiger charge is 2.25. The first kappa shape index (κ1) is 17.5. The van der Waals surface area contributed by atoms with E-state index < -0.39 is 0 Å². The van der Waals surface area contributed by atoms with Crippen LogP contribution in [0.25, 0.3) is 0 Å². The standard InChI is InChI=1S/C18H21ClN4O2/c1-13-11-17-22(18(25)8-10-23(17)21-13)9-4-7-16(24)20-12-14-5-2-3-6-15(14)19/h2-3,5-6,11H,4,7-10,12H2,1H3,(H,20,24). The number of halogens is 1. The third-order valence-electron chi connectivity index (χ3n) is 4.22. The van der Waals surface area contributed by atoms with Crippen LogP contribution in [0.1, 0.15) is 30.5 Å². The minimum atomic E-state index is -0.0472. The average molecular weight is 361 g/mol. The number of aryl methyl sites for hydroxylation is 2. The van der Waals surface area contributed by atoms with Crippen LogP contribution < -0.4 is 10.2 Å². The van der Waals surface area contributed by atoms with Crippen molar-refractivity contribution in [2.75, 3.05) is 11.4 Å². The Labute approximate surface area is 151 Å². The largest absolute Gasteiger partial charge is 0.352 e. The molecule has 6 nitrogen and oxygen atoms in total. The molecule has 1 aromatic heterocycles. The second-order valence-corrected chi connectivity index (χ2v) is 6.54. The van der Waals surface area contributed by atoms with Gasteiger partial charge in [-0.2, -0.15) is 5.10 Å². The Hall–Kier alpha value is -2.34. The van der Waals surface area contributed by atoms with E-state index in [0.29, 0.717) is 43.9 Å². The molecule has 132 valence electrons. The maximum Gasteiger partial charge on any atom is 0.229 e. The molecule has 7 heteroatoms. The lowest BCUT2D eigenvalue weighted by Gasteiger charge is -2.27. The highest BCUT2D eigenvalue weighted by molar-refractivity contribution is 6.31. The molecule has 2 heterocycles. The van der Waals surface area contributed by atoms with E-state index >= 15 is 0 Å². The Morgan fingerprint density at radius 3 is 2.96 bits per heavy atom. The number of benzene rings is 1. The van der Waals surface area contributed by atoms with E-state index in [1.807, 2.05) is 35.9 Å². The van der Waals surface area contributed by atoms with Crippen LogP contribution in [0.15, 0.2) is 30.3 Å². The summed E-state index contributed by atoms with van der Waals surface area (Å²) >= 11 is 6.08. The number of carbonyl (C=O) groups excluding carboxylic acids is 2. The molecule has 1 aliphatic heterocycles. The highest BCUT2D eigenvalue weighted by Crippen LogP contribution is 2.22. The molecular formula is C18H21ClN4O2. The lowest BCUT2D eigenvalue weighted by Crippen LogP contribution is -2.38. The maximum atomic E-state index is 12.2. The van der Waals surface area contributed by atoms with E-state index in [1.165, 1.54) is 0 Å². The zero-order chi connectivity index (χ0) is 17.8. The van der Waals surface area contributed by atoms with E-state index in [9.17, 15) is 9.59 Å². The number of amides is 2. The first-order valence-corrected chi connectivity index (χ1v) is 8.77. The van der Waals surface area contributed by atoms with Crippen LogP contribution in [0.2, 0.25) is 5.02 Å². The molecule has 2 aromatic rings. The summed E-state index contributed by atoms with van der Waals surface area (Å²) in [4.78, 5) is 25.9. The zero-order valence-electron chi connectivity index (χ0n) is 14.2. The Kier molecular flexibility index (Phi) is 5.38. The first-order valence-electron chi connectivity index (χ1n) is 8.39. The molecule has 0 radical (unpaired) electrons. The van der Waals surface area contributed by atoms with Crippen LogP contribution in [-0.4, -0.2) is 28.1 Å². The number of nitrogens with one attached hydrogen (secondary N) is 1. The van der Waals surface area contributed by atoms with E-state index in [0.717, 1.165) is 17.1 Å². The van der Waals surface area contributed by atoms with Crippen molar-refractivity contribution in [1.82, 2.24) is 15.1 Å². The molecule has 25 heavy (non-hydrogen) atoms. The fraction of sp³-hybridized carbons (Fsp3) is 0.389. The fourth-order valence-electron chi connectivity index (χ4n) is 2.94. The number of aromatic nitrogens is 2. The SMILES string of the molecule is Cc1cc2n(n1)CCC(=O)N2CCCC(=O)NCc1ccccc1Cl. The summed E-state index contributed by atoms with van der Waals surface area (Å²) in [5.74, 6) is 0.864. The van der Waals surface area contributed by atoms with Gasteiger partial charge in [-0.05, 0) is 25.0 Å². The van der Waals surface area contributed by atoms with Crippen LogP contribution in [0, 0.1) is 6.92 Å². The van der Waals surface area contributed by atoms with Gasteiger partial charge in [-0.1, -0.05) is 29.8 Å². The van der Waals surface area contributed by atoms with Crippen molar-refractivity contribution in [2.24, 2.45) is 0 Å². The zero-order valence-corrected chi connectivity index (χ0v) is 14.9. The van der Waals surface area contributed by atoms with Crippen molar-refractivity contribution in [2.45, 2.75) is 39.3 Å². The van der Waals surface area contributed by atoms with Crippen LogP contribution in [0.5, 0.6) is 0 Å². The molecule has 0 saturated heterocycles. The van der Waals surface area contributed by atoms with Crippen molar-refractivity contribution in [3.05, 3.63) is 46.6 Å². The van der Waals surface area contributed by atoms with Crippen molar-refractivity contribution in [3.8, 4) is 0 Å². The Morgan fingerprint density at radius 1 is 1.36 bits per heavy atom. The number of hydrogen-bond acceptors (Lipinski definition) is 3. The molecule has 1 aliphatic rings. The monoisotopic (exact) mass is 360 g/mol. The molecule has 0 unspecified atom stereocenters. The third-order valence-corrected chi connectivity index (χ3v) is 4.58. The van der Waals surface area contributed by atoms with Gasteiger partial charge in [-0.25, -0.2) is 4.68 Å². The molecule has 0 spiro atoms. The average Bonchev–Trinajstić information content (AvgIpc) is 2.97. The molecule has 0 saturated carbocycles. The number of nitrogens with zero attached hydrogens (tertiary/aromatic N) is 3. The third kappa shape index (κ3) is 4.20. The molecule has 1 N–H and O–H groups in total. The Balaban J connectivity index is 1.48. The summed E-state index contributed by atoms with van der Waals surface area (Å²) < 4.78 is 1.86. The summed E-state index contributed by atoms with van der Waals surface area (Å²) in [6.07, 6.45) is 1.42. The van der Waals surface area contributed by atoms with Gasteiger partial charge in [0.05, 0.1) is 12.2 Å². The Bertz CT molecular complexity index is 787. The summed E-state index contributed by atoms with van der Waals surface area (Å²) in [5.41, 5.74) is 1.79. The van der Waals surface area contributed by atoms with Gasteiger partial charge in [0.15, 0.2) is 0 Å². The summed E-state index contributed by atoms with van der Waals surface area (Å²) in [6, 6.07) is 9.35. The van der Waals surface area contributed by atoms with Gasteiger partial charge in [-0.15, -0.1) is 0 Å². The first-order chi connectivity index (χ1) is 12.0. The van der Waals surface area contributed by atoms with Gasteiger partial charge in [0, 0.05) is 37.0 Å². The number of carbonyl (C=O) groups is 2. The van der Waals surface area contributed by atoms with Crippen LogP contribution >= 0.6 is 11.6 Å². The number of fused-ring (bicyclic) bond motifs is 1. The molecular weight excluding hydrogens is 340 g/mol. The van der Waals surface area contributed by atoms with Gasteiger partial charge < -0.3 is 5.32 Å². The van der Waals surface area contributed by atoms with Gasteiger partial charge in [0.2, 0.25) is 11.8 Å². The van der Waals surface area contributed by atoms with E-state index in [4.69, 9.17) is 11.6 Å². The van der Waals surface area contributed by atoms with Crippen molar-refractivity contribution >= 4 is 29.2 Å². The van der Waals surface area contributed by atoms with Crippen molar-refractivity contribution in [1.29, 1.82) is 0 Å². The van der Waals surface area contributed by atoms with Crippen molar-refractivity contribution in [3.63, 3.8) is 0 Å². The fourth-order valence-corrected chi connectivity index (χ4v) is 3.14. The minimum absolute atomic E-state index is 0.0472. The number of hydrogen-bond donors (Lipinski definition) is 1. The summed E-state index contributed by atoms with van der Waals surface area (Å²) in [5, 5.41) is 7.89. The smallest absolute Gasteiger partial charge is 0.229 e. The minimum Gasteiger partial charge on any atom is -0.352 e. The summed E-state index contributed by atoms with van der Waals surface area (Å²) in [6.45, 7) is 3.46. The van der Waals surface area contributed by atoms with Crippen LogP contribution in [-0.2, 0) is 22.7 Å². The molecule has 3 rings (SSSR count). The topological polar surface area (TPSA) is 67.2 Å². The number of anilines is 1. The second-order valence-electron chi connectivity index (χ2n) is 6.13. The number of rotatable bonds is 6. The lowest BCUT2D eigenvalue weighted by molar-refractivity contribution is -0.122. The van der Waals surface area contributed by atoms with E-state index in [1.54, 1.807) is 11.0 Å².